The molecule has 5 heteroatoms. The smallest absolute Gasteiger partial charge is 0.255 e. The first kappa shape index (κ1) is 13.2. The number of aryl methyl sites for hydroxylation is 1. The molecule has 1 amide bonds. The van der Waals surface area contributed by atoms with Gasteiger partial charge in [0.1, 0.15) is 5.75 Å². The third kappa shape index (κ3) is 2.58. The summed E-state index contributed by atoms with van der Waals surface area (Å²) < 4.78 is 7.02. The van der Waals surface area contributed by atoms with Crippen molar-refractivity contribution in [1.82, 2.24) is 9.38 Å². The number of pyridine rings is 1. The Hall–Kier alpha value is -2.82. The number of hydrogen-bond donors (Lipinski definition) is 1. The highest BCUT2D eigenvalue weighted by Gasteiger charge is 2.10. The van der Waals surface area contributed by atoms with E-state index in [-0.39, 0.29) is 5.91 Å². The number of imidazole rings is 1. The van der Waals surface area contributed by atoms with Crippen LogP contribution in [0, 0.1) is 6.92 Å². The minimum absolute atomic E-state index is 0.192. The lowest BCUT2D eigenvalue weighted by Gasteiger charge is -2.07. The topological polar surface area (TPSA) is 55.6 Å². The minimum Gasteiger partial charge on any atom is -0.497 e. The van der Waals surface area contributed by atoms with Gasteiger partial charge in [-0.15, -0.1) is 0 Å². The molecule has 0 radical (unpaired) electrons. The summed E-state index contributed by atoms with van der Waals surface area (Å²) in [5.74, 6) is 0.458. The molecule has 0 unspecified atom stereocenters. The number of hydrogen-bond acceptors (Lipinski definition) is 3. The monoisotopic (exact) mass is 281 g/mol. The highest BCUT2D eigenvalue weighted by molar-refractivity contribution is 6.06. The fraction of sp³-hybridized carbons (Fsp3) is 0.125. The molecule has 0 spiro atoms. The third-order valence-electron chi connectivity index (χ3n) is 3.18. The second-order valence-corrected chi connectivity index (χ2v) is 4.72. The lowest BCUT2D eigenvalue weighted by atomic mass is 10.2. The van der Waals surface area contributed by atoms with Crippen LogP contribution < -0.4 is 10.1 Å². The Morgan fingerprint density at radius 1 is 1.29 bits per heavy atom. The molecule has 0 bridgehead atoms. The number of nitrogens with zero attached hydrogens (tertiary/aromatic N) is 2. The first-order chi connectivity index (χ1) is 10.2. The highest BCUT2D eigenvalue weighted by atomic mass is 16.5. The number of carbonyl (C=O) groups excluding carboxylic acids is 1. The Balaban J connectivity index is 1.92. The van der Waals surface area contributed by atoms with E-state index in [9.17, 15) is 4.79 Å². The molecule has 5 nitrogen and oxygen atoms in total. The van der Waals surface area contributed by atoms with Gasteiger partial charge in [0.15, 0.2) is 5.65 Å². The number of ether oxygens (including phenoxy) is 1. The molecule has 3 rings (SSSR count). The van der Waals surface area contributed by atoms with Crippen molar-refractivity contribution in [3.63, 3.8) is 0 Å². The maximum absolute atomic E-state index is 12.3. The highest BCUT2D eigenvalue weighted by Crippen LogP contribution is 2.18. The number of methoxy groups -OCH3 is 1. The molecule has 1 aromatic carbocycles. The van der Waals surface area contributed by atoms with E-state index in [1.165, 1.54) is 0 Å². The number of fused-ring (bicyclic) bond motifs is 1. The van der Waals surface area contributed by atoms with Crippen molar-refractivity contribution in [3.05, 3.63) is 60.0 Å². The van der Waals surface area contributed by atoms with Crippen LogP contribution in [0.4, 0.5) is 5.69 Å². The average Bonchev–Trinajstić information content (AvgIpc) is 2.88. The second kappa shape index (κ2) is 5.28. The minimum atomic E-state index is -0.192. The molecule has 0 aliphatic carbocycles. The zero-order chi connectivity index (χ0) is 14.8. The molecular formula is C16H15N3O2. The number of carbonyl (C=O) groups is 1. The van der Waals surface area contributed by atoms with Crippen LogP contribution in [0.3, 0.4) is 0 Å². The van der Waals surface area contributed by atoms with Crippen LogP contribution in [0.25, 0.3) is 5.65 Å². The largest absolute Gasteiger partial charge is 0.497 e. The summed E-state index contributed by atoms with van der Waals surface area (Å²) in [6, 6.07) is 10.7. The summed E-state index contributed by atoms with van der Waals surface area (Å²) in [6.45, 7) is 1.92. The van der Waals surface area contributed by atoms with Crippen LogP contribution in [0.5, 0.6) is 5.75 Å². The van der Waals surface area contributed by atoms with Gasteiger partial charge in [0.25, 0.3) is 5.91 Å². The third-order valence-corrected chi connectivity index (χ3v) is 3.18. The van der Waals surface area contributed by atoms with Gasteiger partial charge in [-0.05, 0) is 37.3 Å². The molecule has 21 heavy (non-hydrogen) atoms. The standard InChI is InChI=1S/C16H15N3O2/c1-11-10-19-8-4-7-14(15(19)17-11)18-16(20)12-5-3-6-13(9-12)21-2/h3-10H,1-2H3,(H,18,20). The van der Waals surface area contributed by atoms with E-state index in [2.05, 4.69) is 10.3 Å². The molecule has 2 heterocycles. The summed E-state index contributed by atoms with van der Waals surface area (Å²) in [4.78, 5) is 16.7. The van der Waals surface area contributed by atoms with Gasteiger partial charge in [0.05, 0.1) is 18.5 Å². The zero-order valence-corrected chi connectivity index (χ0v) is 11.8. The van der Waals surface area contributed by atoms with Gasteiger partial charge in [0.2, 0.25) is 0 Å². The number of benzene rings is 1. The first-order valence-corrected chi connectivity index (χ1v) is 6.57. The van der Waals surface area contributed by atoms with Gasteiger partial charge in [0, 0.05) is 18.0 Å². The van der Waals surface area contributed by atoms with Crippen molar-refractivity contribution in [2.45, 2.75) is 6.92 Å². The average molecular weight is 281 g/mol. The van der Waals surface area contributed by atoms with Crippen LogP contribution in [0.15, 0.2) is 48.8 Å². The molecule has 106 valence electrons. The van der Waals surface area contributed by atoms with E-state index in [0.29, 0.717) is 17.0 Å². The van der Waals surface area contributed by atoms with Gasteiger partial charge < -0.3 is 14.5 Å². The van der Waals surface area contributed by atoms with E-state index in [1.54, 1.807) is 31.4 Å². The van der Waals surface area contributed by atoms with E-state index in [1.807, 2.05) is 35.9 Å². The molecular weight excluding hydrogens is 266 g/mol. The Kier molecular flexibility index (Phi) is 3.31. The lowest BCUT2D eigenvalue weighted by molar-refractivity contribution is 0.102. The van der Waals surface area contributed by atoms with Crippen LogP contribution in [-0.2, 0) is 0 Å². The molecule has 0 aliphatic heterocycles. The van der Waals surface area contributed by atoms with Crippen molar-refractivity contribution >= 4 is 17.2 Å². The number of rotatable bonds is 3. The van der Waals surface area contributed by atoms with Crippen LogP contribution in [0.2, 0.25) is 0 Å². The number of anilines is 1. The maximum atomic E-state index is 12.3. The second-order valence-electron chi connectivity index (χ2n) is 4.72. The number of amides is 1. The summed E-state index contributed by atoms with van der Waals surface area (Å²) in [5.41, 5.74) is 2.85. The van der Waals surface area contributed by atoms with Gasteiger partial charge in [-0.25, -0.2) is 4.98 Å². The Labute approximate surface area is 122 Å². The summed E-state index contributed by atoms with van der Waals surface area (Å²) in [6.07, 6.45) is 3.81. The fourth-order valence-electron chi connectivity index (χ4n) is 2.19. The normalized spacial score (nSPS) is 10.6. The van der Waals surface area contributed by atoms with E-state index < -0.39 is 0 Å². The molecule has 0 saturated heterocycles. The molecule has 0 fully saturated rings. The van der Waals surface area contributed by atoms with E-state index in [0.717, 1.165) is 11.3 Å². The van der Waals surface area contributed by atoms with Gasteiger partial charge >= 0.3 is 0 Å². The molecule has 1 N–H and O–H groups in total. The van der Waals surface area contributed by atoms with E-state index >= 15 is 0 Å². The van der Waals surface area contributed by atoms with Gasteiger partial charge in [-0.2, -0.15) is 0 Å². The van der Waals surface area contributed by atoms with Crippen LogP contribution in [0.1, 0.15) is 16.1 Å². The molecule has 0 atom stereocenters. The molecule has 0 saturated carbocycles. The maximum Gasteiger partial charge on any atom is 0.255 e. The summed E-state index contributed by atoms with van der Waals surface area (Å²) >= 11 is 0. The van der Waals surface area contributed by atoms with Crippen LogP contribution in [-0.4, -0.2) is 22.4 Å². The fourth-order valence-corrected chi connectivity index (χ4v) is 2.19. The number of nitrogens with one attached hydrogen (secondary N) is 1. The summed E-state index contributed by atoms with van der Waals surface area (Å²) in [7, 11) is 1.57. The lowest BCUT2D eigenvalue weighted by Crippen LogP contribution is -2.12. The molecule has 3 aromatic rings. The van der Waals surface area contributed by atoms with Crippen molar-refractivity contribution in [1.29, 1.82) is 0 Å². The predicted molar refractivity (Wildman–Crippen MR) is 80.9 cm³/mol. The van der Waals surface area contributed by atoms with Crippen LogP contribution >= 0.6 is 0 Å². The van der Waals surface area contributed by atoms with Crippen molar-refractivity contribution < 1.29 is 9.53 Å². The van der Waals surface area contributed by atoms with Gasteiger partial charge in [-0.3, -0.25) is 4.79 Å². The van der Waals surface area contributed by atoms with Crippen molar-refractivity contribution in [3.8, 4) is 5.75 Å². The first-order valence-electron chi connectivity index (χ1n) is 6.57. The van der Waals surface area contributed by atoms with Crippen molar-refractivity contribution in [2.75, 3.05) is 12.4 Å². The Bertz CT molecular complexity index is 808. The zero-order valence-electron chi connectivity index (χ0n) is 11.8. The van der Waals surface area contributed by atoms with E-state index in [4.69, 9.17) is 4.74 Å². The predicted octanol–water partition coefficient (Wildman–Crippen LogP) is 2.90. The SMILES string of the molecule is COc1cccc(C(=O)Nc2cccn3cc(C)nc23)c1. The number of aromatic nitrogens is 2. The quantitative estimate of drug-likeness (QED) is 0.803. The Morgan fingerprint density at radius 2 is 2.14 bits per heavy atom. The molecule has 2 aromatic heterocycles. The Morgan fingerprint density at radius 3 is 2.95 bits per heavy atom. The summed E-state index contributed by atoms with van der Waals surface area (Å²) in [5, 5.41) is 2.89. The van der Waals surface area contributed by atoms with Crippen molar-refractivity contribution in [2.24, 2.45) is 0 Å². The molecule has 0 aliphatic rings. The van der Waals surface area contributed by atoms with Gasteiger partial charge in [-0.1, -0.05) is 6.07 Å².